The van der Waals surface area contributed by atoms with E-state index in [2.05, 4.69) is 21.0 Å². The van der Waals surface area contributed by atoms with Crippen molar-refractivity contribution < 1.29 is 0 Å². The summed E-state index contributed by atoms with van der Waals surface area (Å²) in [7, 11) is 1.86. The van der Waals surface area contributed by atoms with E-state index in [9.17, 15) is 4.79 Å². The van der Waals surface area contributed by atoms with Crippen molar-refractivity contribution in [3.05, 3.63) is 44.5 Å². The SMILES string of the molecule is Cc1cc(Cn2cc(N)cc(Br)c2=O)n(C)n1. The highest BCUT2D eigenvalue weighted by Gasteiger charge is 2.07. The molecule has 5 nitrogen and oxygen atoms in total. The van der Waals surface area contributed by atoms with Gasteiger partial charge in [-0.05, 0) is 35.0 Å². The summed E-state index contributed by atoms with van der Waals surface area (Å²) in [4.78, 5) is 11.9. The fourth-order valence-corrected chi connectivity index (χ4v) is 2.22. The number of aromatic nitrogens is 3. The molecule has 0 aliphatic heterocycles. The van der Waals surface area contributed by atoms with Crippen LogP contribution in [0.4, 0.5) is 5.69 Å². The monoisotopic (exact) mass is 296 g/mol. The minimum absolute atomic E-state index is 0.0990. The van der Waals surface area contributed by atoms with Crippen molar-refractivity contribution in [2.45, 2.75) is 13.5 Å². The first-order chi connectivity index (χ1) is 7.97. The maximum absolute atomic E-state index is 11.9. The van der Waals surface area contributed by atoms with Crippen LogP contribution in [0.25, 0.3) is 0 Å². The van der Waals surface area contributed by atoms with Crippen LogP contribution in [0.3, 0.4) is 0 Å². The van der Waals surface area contributed by atoms with E-state index in [-0.39, 0.29) is 5.56 Å². The second kappa shape index (κ2) is 4.37. The molecule has 0 aromatic carbocycles. The van der Waals surface area contributed by atoms with Gasteiger partial charge in [0.1, 0.15) is 0 Å². The fourth-order valence-electron chi connectivity index (χ4n) is 1.73. The first kappa shape index (κ1) is 11.9. The van der Waals surface area contributed by atoms with Crippen molar-refractivity contribution in [2.24, 2.45) is 7.05 Å². The number of hydrogen-bond acceptors (Lipinski definition) is 3. The number of anilines is 1. The Kier molecular flexibility index (Phi) is 3.06. The summed E-state index contributed by atoms with van der Waals surface area (Å²) in [5.41, 5.74) is 8.05. The molecule has 0 fully saturated rings. The lowest BCUT2D eigenvalue weighted by atomic mass is 10.3. The second-order valence-electron chi connectivity index (χ2n) is 3.96. The summed E-state index contributed by atoms with van der Waals surface area (Å²) in [6, 6.07) is 3.55. The molecule has 0 atom stereocenters. The Labute approximate surface area is 107 Å². The van der Waals surface area contributed by atoms with Crippen LogP contribution in [0.5, 0.6) is 0 Å². The molecule has 0 aliphatic carbocycles. The van der Waals surface area contributed by atoms with Gasteiger partial charge in [-0.3, -0.25) is 9.48 Å². The predicted octanol–water partition coefficient (Wildman–Crippen LogP) is 1.28. The summed E-state index contributed by atoms with van der Waals surface area (Å²) in [6.07, 6.45) is 1.63. The Morgan fingerprint density at radius 2 is 2.18 bits per heavy atom. The second-order valence-corrected chi connectivity index (χ2v) is 4.81. The van der Waals surface area contributed by atoms with E-state index < -0.39 is 0 Å². The summed E-state index contributed by atoms with van der Waals surface area (Å²) in [5.74, 6) is 0. The molecule has 0 amide bonds. The molecule has 0 spiro atoms. The molecule has 0 saturated heterocycles. The number of nitrogen functional groups attached to an aromatic ring is 1. The average molecular weight is 297 g/mol. The molecule has 2 heterocycles. The quantitative estimate of drug-likeness (QED) is 0.908. The van der Waals surface area contributed by atoms with E-state index in [1.807, 2.05) is 20.0 Å². The van der Waals surface area contributed by atoms with E-state index in [4.69, 9.17) is 5.73 Å². The summed E-state index contributed by atoms with van der Waals surface area (Å²) in [6.45, 7) is 2.38. The van der Waals surface area contributed by atoms with Gasteiger partial charge in [0, 0.05) is 18.9 Å². The molecule has 0 aliphatic rings. The van der Waals surface area contributed by atoms with Gasteiger partial charge in [0.05, 0.1) is 22.4 Å². The maximum Gasteiger partial charge on any atom is 0.265 e. The molecule has 0 bridgehead atoms. The third-order valence-electron chi connectivity index (χ3n) is 2.49. The first-order valence-electron chi connectivity index (χ1n) is 5.12. The van der Waals surface area contributed by atoms with E-state index in [1.165, 1.54) is 0 Å². The summed E-state index contributed by atoms with van der Waals surface area (Å²) < 4.78 is 3.80. The Bertz CT molecular complexity index is 614. The van der Waals surface area contributed by atoms with Gasteiger partial charge in [-0.2, -0.15) is 5.10 Å². The molecule has 2 N–H and O–H groups in total. The normalized spacial score (nSPS) is 10.8. The molecule has 0 unspecified atom stereocenters. The third kappa shape index (κ3) is 2.41. The van der Waals surface area contributed by atoms with Gasteiger partial charge in [0.2, 0.25) is 0 Å². The van der Waals surface area contributed by atoms with Crippen LogP contribution in [-0.4, -0.2) is 14.3 Å². The fraction of sp³-hybridized carbons (Fsp3) is 0.273. The highest BCUT2D eigenvalue weighted by Crippen LogP contribution is 2.10. The van der Waals surface area contributed by atoms with E-state index >= 15 is 0 Å². The molecule has 2 aromatic heterocycles. The Morgan fingerprint density at radius 1 is 1.47 bits per heavy atom. The van der Waals surface area contributed by atoms with E-state index in [1.54, 1.807) is 21.5 Å². The van der Waals surface area contributed by atoms with Crippen molar-refractivity contribution in [1.29, 1.82) is 0 Å². The molecule has 0 radical (unpaired) electrons. The lowest BCUT2D eigenvalue weighted by Gasteiger charge is -2.07. The minimum atomic E-state index is -0.0990. The van der Waals surface area contributed by atoms with Crippen LogP contribution in [-0.2, 0) is 13.6 Å². The van der Waals surface area contributed by atoms with Crippen molar-refractivity contribution in [1.82, 2.24) is 14.3 Å². The number of aryl methyl sites for hydroxylation is 2. The predicted molar refractivity (Wildman–Crippen MR) is 69.9 cm³/mol. The first-order valence-corrected chi connectivity index (χ1v) is 5.91. The van der Waals surface area contributed by atoms with Crippen molar-refractivity contribution in [2.75, 3.05) is 5.73 Å². The van der Waals surface area contributed by atoms with Crippen LogP contribution in [0, 0.1) is 6.92 Å². The van der Waals surface area contributed by atoms with Crippen LogP contribution in [0.15, 0.2) is 27.6 Å². The molecule has 0 saturated carbocycles. The summed E-state index contributed by atoms with van der Waals surface area (Å²) in [5, 5.41) is 4.24. The Balaban J connectivity index is 2.43. The number of hydrogen-bond donors (Lipinski definition) is 1. The van der Waals surface area contributed by atoms with Gasteiger partial charge in [0.15, 0.2) is 0 Å². The van der Waals surface area contributed by atoms with Crippen LogP contribution >= 0.6 is 15.9 Å². The standard InChI is InChI=1S/C11H13BrN4O/c1-7-3-9(15(2)14-7)6-16-5-8(13)4-10(12)11(16)17/h3-5H,6,13H2,1-2H3. The molecule has 17 heavy (non-hydrogen) atoms. The number of nitrogens with two attached hydrogens (primary N) is 1. The van der Waals surface area contributed by atoms with Gasteiger partial charge >= 0.3 is 0 Å². The lowest BCUT2D eigenvalue weighted by molar-refractivity contribution is 0.650. The zero-order valence-corrected chi connectivity index (χ0v) is 11.2. The zero-order valence-electron chi connectivity index (χ0n) is 9.64. The third-order valence-corrected chi connectivity index (χ3v) is 3.06. The smallest absolute Gasteiger partial charge is 0.265 e. The van der Waals surface area contributed by atoms with Gasteiger partial charge in [-0.15, -0.1) is 0 Å². The molecule has 2 rings (SSSR count). The lowest BCUT2D eigenvalue weighted by Crippen LogP contribution is -2.22. The minimum Gasteiger partial charge on any atom is -0.398 e. The van der Waals surface area contributed by atoms with Crippen molar-refractivity contribution in [3.8, 4) is 0 Å². The molecule has 90 valence electrons. The summed E-state index contributed by atoms with van der Waals surface area (Å²) >= 11 is 3.20. The maximum atomic E-state index is 11.9. The van der Waals surface area contributed by atoms with E-state index in [0.29, 0.717) is 16.7 Å². The number of halogens is 1. The molecule has 6 heteroatoms. The topological polar surface area (TPSA) is 65.8 Å². The van der Waals surface area contributed by atoms with Crippen LogP contribution in [0.2, 0.25) is 0 Å². The zero-order chi connectivity index (χ0) is 12.6. The number of rotatable bonds is 2. The molecular weight excluding hydrogens is 284 g/mol. The van der Waals surface area contributed by atoms with Crippen molar-refractivity contribution in [3.63, 3.8) is 0 Å². The van der Waals surface area contributed by atoms with Crippen molar-refractivity contribution >= 4 is 21.6 Å². The Morgan fingerprint density at radius 3 is 2.76 bits per heavy atom. The highest BCUT2D eigenvalue weighted by atomic mass is 79.9. The number of nitrogens with zero attached hydrogens (tertiary/aromatic N) is 3. The number of pyridine rings is 1. The van der Waals surface area contributed by atoms with Gasteiger partial charge < -0.3 is 10.3 Å². The van der Waals surface area contributed by atoms with Crippen LogP contribution < -0.4 is 11.3 Å². The van der Waals surface area contributed by atoms with E-state index in [0.717, 1.165) is 11.4 Å². The average Bonchev–Trinajstić information content (AvgIpc) is 2.53. The van der Waals surface area contributed by atoms with Crippen LogP contribution in [0.1, 0.15) is 11.4 Å². The molecule has 2 aromatic rings. The Hall–Kier alpha value is -1.56. The highest BCUT2D eigenvalue weighted by molar-refractivity contribution is 9.10. The molecular formula is C11H13BrN4O. The van der Waals surface area contributed by atoms with Gasteiger partial charge in [-0.25, -0.2) is 0 Å². The van der Waals surface area contributed by atoms with Gasteiger partial charge in [-0.1, -0.05) is 0 Å². The van der Waals surface area contributed by atoms with Gasteiger partial charge in [0.25, 0.3) is 5.56 Å². The largest absolute Gasteiger partial charge is 0.398 e.